The number of rotatable bonds is 10. The fourth-order valence-corrected chi connectivity index (χ4v) is 7.86. The quantitative estimate of drug-likeness (QED) is 0.219. The second-order valence-corrected chi connectivity index (χ2v) is 13.4. The van der Waals surface area contributed by atoms with E-state index < -0.39 is 7.82 Å². The molecule has 0 saturated carbocycles. The number of para-hydroxylation sites is 1. The van der Waals surface area contributed by atoms with Crippen LogP contribution >= 0.6 is 7.82 Å². The summed E-state index contributed by atoms with van der Waals surface area (Å²) in [6.07, 6.45) is 21.3. The lowest BCUT2D eigenvalue weighted by Gasteiger charge is -2.32. The van der Waals surface area contributed by atoms with Gasteiger partial charge in [0.2, 0.25) is 0 Å². The third-order valence-electron chi connectivity index (χ3n) is 8.99. The van der Waals surface area contributed by atoms with Gasteiger partial charge in [0, 0.05) is 10.8 Å². The summed E-state index contributed by atoms with van der Waals surface area (Å²) in [5, 5.41) is 0. The fraction of sp³-hybridized carbons (Fsp3) is 0.316. The summed E-state index contributed by atoms with van der Waals surface area (Å²) in [6, 6.07) is 17.6. The molecule has 3 aromatic rings. The Balaban J connectivity index is 1.52. The van der Waals surface area contributed by atoms with Crippen molar-refractivity contribution in [2.45, 2.75) is 78.1 Å². The van der Waals surface area contributed by atoms with Crippen molar-refractivity contribution in [2.75, 3.05) is 0 Å². The van der Waals surface area contributed by atoms with Crippen molar-refractivity contribution >= 4 is 7.82 Å². The van der Waals surface area contributed by atoms with Gasteiger partial charge in [-0.3, -0.25) is 0 Å². The van der Waals surface area contributed by atoms with Crippen LogP contribution in [0.5, 0.6) is 17.2 Å². The summed E-state index contributed by atoms with van der Waals surface area (Å²) < 4.78 is 33.4. The summed E-state index contributed by atoms with van der Waals surface area (Å²) in [6.45, 7) is 12.4. The Morgan fingerprint density at radius 2 is 1.05 bits per heavy atom. The predicted octanol–water partition coefficient (Wildman–Crippen LogP) is 10.9. The van der Waals surface area contributed by atoms with Gasteiger partial charge in [-0.1, -0.05) is 105 Å². The van der Waals surface area contributed by atoms with Crippen LogP contribution in [0.3, 0.4) is 0 Å². The molecule has 0 spiro atoms. The number of phosphoric ester groups is 1. The Kier molecular flexibility index (Phi) is 8.90. The molecule has 2 aliphatic carbocycles. The minimum atomic E-state index is -4.19. The molecule has 5 rings (SSSR count). The van der Waals surface area contributed by atoms with Gasteiger partial charge in [0.15, 0.2) is 0 Å². The van der Waals surface area contributed by atoms with E-state index in [4.69, 9.17) is 13.6 Å². The molecular weight excluding hydrogens is 551 g/mol. The maximum absolute atomic E-state index is 14.6. The summed E-state index contributed by atoms with van der Waals surface area (Å²) in [5.41, 5.74) is 5.84. The molecule has 0 amide bonds. The van der Waals surface area contributed by atoms with Gasteiger partial charge in [-0.15, -0.1) is 0 Å². The lowest BCUT2D eigenvalue weighted by Crippen LogP contribution is -2.23. The molecule has 4 nitrogen and oxygen atoms in total. The van der Waals surface area contributed by atoms with E-state index in [0.29, 0.717) is 17.2 Å². The molecule has 0 N–H and O–H groups in total. The minimum absolute atomic E-state index is 0.0708. The molecule has 0 aromatic heterocycles. The van der Waals surface area contributed by atoms with Crippen LogP contribution in [0.15, 0.2) is 103 Å². The molecule has 0 heterocycles. The van der Waals surface area contributed by atoms with Gasteiger partial charge in [-0.25, -0.2) is 0 Å². The van der Waals surface area contributed by atoms with Gasteiger partial charge in [-0.2, -0.15) is 4.57 Å². The predicted molar refractivity (Wildman–Crippen MR) is 177 cm³/mol. The van der Waals surface area contributed by atoms with Crippen LogP contribution in [-0.2, 0) is 15.4 Å². The lowest BCUT2D eigenvalue weighted by molar-refractivity contribution is 0.295. The lowest BCUT2D eigenvalue weighted by atomic mass is 9.73. The summed E-state index contributed by atoms with van der Waals surface area (Å²) in [4.78, 5) is 0. The van der Waals surface area contributed by atoms with Crippen LogP contribution in [0.25, 0.3) is 0 Å². The Labute approximate surface area is 257 Å². The van der Waals surface area contributed by atoms with E-state index in [1.54, 1.807) is 12.1 Å². The van der Waals surface area contributed by atoms with E-state index in [9.17, 15) is 4.57 Å². The summed E-state index contributed by atoms with van der Waals surface area (Å²) in [5.74, 6) is 1.44. The third kappa shape index (κ3) is 6.31. The zero-order chi connectivity index (χ0) is 30.7. The number of allylic oxidation sites excluding steroid dienone is 8. The number of aryl methyl sites for hydroxylation is 4. The van der Waals surface area contributed by atoms with Crippen LogP contribution < -0.4 is 13.6 Å². The number of hydrogen-bond acceptors (Lipinski definition) is 4. The zero-order valence-corrected chi connectivity index (χ0v) is 27.1. The van der Waals surface area contributed by atoms with Crippen LogP contribution in [0.1, 0.15) is 72.9 Å². The van der Waals surface area contributed by atoms with E-state index in [1.807, 2.05) is 45.9 Å². The fourth-order valence-electron chi connectivity index (χ4n) is 6.34. The van der Waals surface area contributed by atoms with Gasteiger partial charge >= 0.3 is 7.82 Å². The van der Waals surface area contributed by atoms with Crippen LogP contribution in [0.2, 0.25) is 0 Å². The molecular formula is C38H43O4P. The number of hydrogen-bond donors (Lipinski definition) is 0. The van der Waals surface area contributed by atoms with E-state index in [1.165, 1.54) is 11.1 Å². The first-order chi connectivity index (χ1) is 20.6. The van der Waals surface area contributed by atoms with E-state index in [0.717, 1.165) is 47.9 Å². The normalized spacial score (nSPS) is 22.3. The van der Waals surface area contributed by atoms with Gasteiger partial charge in [0.25, 0.3) is 0 Å². The van der Waals surface area contributed by atoms with Crippen molar-refractivity contribution in [3.8, 4) is 17.2 Å². The SMILES string of the molecule is CCC1(c2cc(C)c(OP(=O)(Oc3ccccc3)Oc3c(C)cc(C4(CC)C=CC=CC4)cc3C)c(C)c2)C=CC=CC1. The molecule has 2 aliphatic rings. The standard InChI is InChI=1S/C38H43O4P/c1-7-37(20-14-10-15-21-37)32-24-28(3)35(29(4)25-32)41-43(39,40-34-18-12-9-13-19-34)42-36-30(5)26-33(27-31(36)6)38(8-2)22-16-11-17-23-38/h9-20,22,24-27H,7-8,21,23H2,1-6H3. The first-order valence-corrected chi connectivity index (χ1v) is 16.7. The van der Waals surface area contributed by atoms with Crippen LogP contribution in [0.4, 0.5) is 0 Å². The smallest absolute Gasteiger partial charge is 0.386 e. The van der Waals surface area contributed by atoms with Crippen LogP contribution in [0, 0.1) is 27.7 Å². The topological polar surface area (TPSA) is 44.8 Å². The minimum Gasteiger partial charge on any atom is -0.386 e. The molecule has 224 valence electrons. The highest BCUT2D eigenvalue weighted by Crippen LogP contribution is 2.53. The molecule has 0 bridgehead atoms. The van der Waals surface area contributed by atoms with Gasteiger partial charge in [0.05, 0.1) is 0 Å². The first kappa shape index (κ1) is 30.7. The molecule has 0 fully saturated rings. The molecule has 43 heavy (non-hydrogen) atoms. The van der Waals surface area contributed by atoms with Crippen molar-refractivity contribution in [2.24, 2.45) is 0 Å². The average molecular weight is 595 g/mol. The van der Waals surface area contributed by atoms with E-state index >= 15 is 0 Å². The van der Waals surface area contributed by atoms with Gasteiger partial charge in [0.1, 0.15) is 17.2 Å². The molecule has 2 atom stereocenters. The maximum atomic E-state index is 14.6. The number of phosphoric acid groups is 1. The molecule has 0 saturated heterocycles. The maximum Gasteiger partial charge on any atom is 0.647 e. The molecule has 3 aromatic carbocycles. The molecule has 5 heteroatoms. The highest BCUT2D eigenvalue weighted by Gasteiger charge is 2.37. The average Bonchev–Trinajstić information content (AvgIpc) is 3.02. The number of benzene rings is 3. The highest BCUT2D eigenvalue weighted by molar-refractivity contribution is 7.49. The highest BCUT2D eigenvalue weighted by atomic mass is 31.2. The van der Waals surface area contributed by atoms with E-state index in [-0.39, 0.29) is 10.8 Å². The van der Waals surface area contributed by atoms with Crippen LogP contribution in [-0.4, -0.2) is 0 Å². The Morgan fingerprint density at radius 1 is 0.628 bits per heavy atom. The third-order valence-corrected chi connectivity index (χ3v) is 10.2. The largest absolute Gasteiger partial charge is 0.647 e. The second kappa shape index (κ2) is 12.5. The Bertz CT molecular complexity index is 1500. The van der Waals surface area contributed by atoms with Crippen molar-refractivity contribution in [1.29, 1.82) is 0 Å². The summed E-state index contributed by atoms with van der Waals surface area (Å²) in [7, 11) is -4.19. The van der Waals surface area contributed by atoms with Crippen molar-refractivity contribution in [3.05, 3.63) is 137 Å². The molecule has 2 unspecified atom stereocenters. The van der Waals surface area contributed by atoms with Crippen molar-refractivity contribution < 1.29 is 18.1 Å². The monoisotopic (exact) mass is 594 g/mol. The Morgan fingerprint density at radius 3 is 1.40 bits per heavy atom. The molecule has 0 radical (unpaired) electrons. The second-order valence-electron chi connectivity index (χ2n) is 11.9. The Hall–Kier alpha value is -3.75. The molecule has 0 aliphatic heterocycles. The van der Waals surface area contributed by atoms with Crippen molar-refractivity contribution in [3.63, 3.8) is 0 Å². The van der Waals surface area contributed by atoms with E-state index in [2.05, 4.69) is 86.7 Å². The van der Waals surface area contributed by atoms with Crippen molar-refractivity contribution in [1.82, 2.24) is 0 Å². The summed E-state index contributed by atoms with van der Waals surface area (Å²) >= 11 is 0. The van der Waals surface area contributed by atoms with Gasteiger partial charge in [-0.05, 0) is 98.9 Å². The first-order valence-electron chi connectivity index (χ1n) is 15.3. The zero-order valence-electron chi connectivity index (χ0n) is 26.2. The van der Waals surface area contributed by atoms with Gasteiger partial charge < -0.3 is 13.6 Å².